The molecule has 0 spiro atoms. The molecule has 0 aromatic heterocycles. The van der Waals surface area contributed by atoms with Crippen LogP contribution in [0.1, 0.15) is 39.7 Å². The van der Waals surface area contributed by atoms with Crippen molar-refractivity contribution in [1.82, 2.24) is 5.32 Å². The minimum Gasteiger partial charge on any atom is -0.372 e. The molecule has 1 N–H and O–H groups in total. The van der Waals surface area contributed by atoms with Crippen LogP contribution in [0.15, 0.2) is 24.3 Å². The van der Waals surface area contributed by atoms with Gasteiger partial charge in [0, 0.05) is 24.8 Å². The van der Waals surface area contributed by atoms with E-state index in [0.29, 0.717) is 6.04 Å². The van der Waals surface area contributed by atoms with Crippen molar-refractivity contribution >= 4 is 5.69 Å². The van der Waals surface area contributed by atoms with Gasteiger partial charge in [0.2, 0.25) is 0 Å². The highest BCUT2D eigenvalue weighted by Crippen LogP contribution is 2.18. The van der Waals surface area contributed by atoms with Crippen molar-refractivity contribution in [2.24, 2.45) is 0 Å². The number of nitrogens with zero attached hydrogens (tertiary/aromatic N) is 2. The standard InChI is InChI=1S/C17H27N3/c1-6-20(16-9-7-15(4)8-10-16)12-11-17(5,13-18)19-14(2)3/h7-10,14,19H,6,11-12H2,1-5H3. The van der Waals surface area contributed by atoms with Crippen molar-refractivity contribution in [2.45, 2.75) is 52.6 Å². The van der Waals surface area contributed by atoms with Crippen LogP contribution in [-0.4, -0.2) is 24.7 Å². The number of hydrogen-bond acceptors (Lipinski definition) is 3. The quantitative estimate of drug-likeness (QED) is 0.826. The van der Waals surface area contributed by atoms with E-state index in [9.17, 15) is 5.26 Å². The van der Waals surface area contributed by atoms with Crippen molar-refractivity contribution in [3.8, 4) is 6.07 Å². The first kappa shape index (κ1) is 16.5. The summed E-state index contributed by atoms with van der Waals surface area (Å²) < 4.78 is 0. The average molecular weight is 273 g/mol. The lowest BCUT2D eigenvalue weighted by Crippen LogP contribution is -2.47. The molecule has 0 saturated heterocycles. The zero-order chi connectivity index (χ0) is 15.2. The van der Waals surface area contributed by atoms with Crippen LogP contribution >= 0.6 is 0 Å². The van der Waals surface area contributed by atoms with Gasteiger partial charge in [0.1, 0.15) is 5.54 Å². The summed E-state index contributed by atoms with van der Waals surface area (Å²) >= 11 is 0. The predicted octanol–water partition coefficient (Wildman–Crippen LogP) is 3.49. The second-order valence-electron chi connectivity index (χ2n) is 5.91. The van der Waals surface area contributed by atoms with Gasteiger partial charge in [-0.25, -0.2) is 0 Å². The molecule has 0 saturated carbocycles. The highest BCUT2D eigenvalue weighted by atomic mass is 15.1. The Morgan fingerprint density at radius 3 is 2.35 bits per heavy atom. The molecule has 0 amide bonds. The van der Waals surface area contributed by atoms with E-state index in [1.54, 1.807) is 0 Å². The zero-order valence-electron chi connectivity index (χ0n) is 13.4. The van der Waals surface area contributed by atoms with Gasteiger partial charge in [-0.2, -0.15) is 5.26 Å². The van der Waals surface area contributed by atoms with Crippen molar-refractivity contribution in [3.63, 3.8) is 0 Å². The van der Waals surface area contributed by atoms with Crippen LogP contribution in [0, 0.1) is 18.3 Å². The number of anilines is 1. The first-order valence-corrected chi connectivity index (χ1v) is 7.41. The average Bonchev–Trinajstić information content (AvgIpc) is 2.40. The molecule has 0 radical (unpaired) electrons. The SMILES string of the molecule is CCN(CCC(C)(C#N)NC(C)C)c1ccc(C)cc1. The van der Waals surface area contributed by atoms with Gasteiger partial charge in [-0.05, 0) is 53.2 Å². The predicted molar refractivity (Wildman–Crippen MR) is 86.0 cm³/mol. The van der Waals surface area contributed by atoms with E-state index in [0.717, 1.165) is 19.5 Å². The third kappa shape index (κ3) is 4.86. The van der Waals surface area contributed by atoms with Crippen LogP contribution in [0.25, 0.3) is 0 Å². The van der Waals surface area contributed by atoms with Crippen LogP contribution in [-0.2, 0) is 0 Å². The zero-order valence-corrected chi connectivity index (χ0v) is 13.4. The molecular weight excluding hydrogens is 246 g/mol. The number of hydrogen-bond donors (Lipinski definition) is 1. The lowest BCUT2D eigenvalue weighted by Gasteiger charge is -2.30. The van der Waals surface area contributed by atoms with Crippen LogP contribution in [0.2, 0.25) is 0 Å². The number of nitriles is 1. The fraction of sp³-hybridized carbons (Fsp3) is 0.588. The molecule has 0 aliphatic heterocycles. The number of rotatable bonds is 7. The third-order valence-electron chi connectivity index (χ3n) is 3.52. The van der Waals surface area contributed by atoms with Gasteiger partial charge in [0.25, 0.3) is 0 Å². The molecular formula is C17H27N3. The van der Waals surface area contributed by atoms with Crippen LogP contribution < -0.4 is 10.2 Å². The first-order valence-electron chi connectivity index (χ1n) is 7.41. The van der Waals surface area contributed by atoms with Crippen LogP contribution in [0.3, 0.4) is 0 Å². The van der Waals surface area contributed by atoms with Gasteiger partial charge in [-0.1, -0.05) is 17.7 Å². The summed E-state index contributed by atoms with van der Waals surface area (Å²) in [5.41, 5.74) is 2.03. The molecule has 0 fully saturated rings. The van der Waals surface area contributed by atoms with Crippen molar-refractivity contribution in [2.75, 3.05) is 18.0 Å². The minimum atomic E-state index is -0.466. The Hall–Kier alpha value is -1.53. The molecule has 1 rings (SSSR count). The van der Waals surface area contributed by atoms with Gasteiger partial charge >= 0.3 is 0 Å². The lowest BCUT2D eigenvalue weighted by atomic mass is 9.98. The van der Waals surface area contributed by atoms with E-state index >= 15 is 0 Å². The van der Waals surface area contributed by atoms with Gasteiger partial charge in [-0.3, -0.25) is 5.32 Å². The maximum Gasteiger partial charge on any atom is 0.105 e. The van der Waals surface area contributed by atoms with Gasteiger partial charge in [-0.15, -0.1) is 0 Å². The maximum absolute atomic E-state index is 9.40. The Kier molecular flexibility index (Phi) is 6.04. The van der Waals surface area contributed by atoms with E-state index in [-0.39, 0.29) is 0 Å². The largest absolute Gasteiger partial charge is 0.372 e. The summed E-state index contributed by atoms with van der Waals surface area (Å²) in [6.07, 6.45) is 0.809. The summed E-state index contributed by atoms with van der Waals surface area (Å²) in [7, 11) is 0. The molecule has 3 nitrogen and oxygen atoms in total. The van der Waals surface area contributed by atoms with E-state index < -0.39 is 5.54 Å². The Balaban J connectivity index is 2.69. The van der Waals surface area contributed by atoms with Gasteiger partial charge in [0.05, 0.1) is 6.07 Å². The highest BCUT2D eigenvalue weighted by Gasteiger charge is 2.24. The second-order valence-corrected chi connectivity index (χ2v) is 5.91. The Morgan fingerprint density at radius 1 is 1.30 bits per heavy atom. The normalized spacial score (nSPS) is 13.8. The van der Waals surface area contributed by atoms with Crippen LogP contribution in [0.4, 0.5) is 5.69 Å². The number of nitrogens with one attached hydrogen (secondary N) is 1. The summed E-state index contributed by atoms with van der Waals surface area (Å²) in [4.78, 5) is 2.32. The summed E-state index contributed by atoms with van der Waals surface area (Å²) in [5.74, 6) is 0. The molecule has 110 valence electrons. The fourth-order valence-electron chi connectivity index (χ4n) is 2.38. The third-order valence-corrected chi connectivity index (χ3v) is 3.52. The molecule has 1 atom stereocenters. The van der Waals surface area contributed by atoms with Crippen molar-refractivity contribution < 1.29 is 0 Å². The van der Waals surface area contributed by atoms with E-state index in [1.807, 2.05) is 6.92 Å². The summed E-state index contributed by atoms with van der Waals surface area (Å²) in [6.45, 7) is 12.2. The summed E-state index contributed by atoms with van der Waals surface area (Å²) in [6, 6.07) is 11.3. The van der Waals surface area contributed by atoms with Crippen molar-refractivity contribution in [1.29, 1.82) is 5.26 Å². The van der Waals surface area contributed by atoms with Gasteiger partial charge in [0.15, 0.2) is 0 Å². The van der Waals surface area contributed by atoms with Crippen LogP contribution in [0.5, 0.6) is 0 Å². The number of aryl methyl sites for hydroxylation is 1. The lowest BCUT2D eigenvalue weighted by molar-refractivity contribution is 0.383. The molecule has 0 heterocycles. The Bertz CT molecular complexity index is 444. The molecule has 3 heteroatoms. The Morgan fingerprint density at radius 2 is 1.90 bits per heavy atom. The van der Waals surface area contributed by atoms with E-state index in [2.05, 4.69) is 68.2 Å². The molecule has 0 aliphatic rings. The Labute approximate surface area is 123 Å². The molecule has 1 unspecified atom stereocenters. The first-order chi connectivity index (χ1) is 9.40. The van der Waals surface area contributed by atoms with E-state index in [1.165, 1.54) is 11.3 Å². The highest BCUT2D eigenvalue weighted by molar-refractivity contribution is 5.47. The van der Waals surface area contributed by atoms with Crippen molar-refractivity contribution in [3.05, 3.63) is 29.8 Å². The molecule has 1 aromatic rings. The molecule has 20 heavy (non-hydrogen) atoms. The molecule has 0 aliphatic carbocycles. The molecule has 1 aromatic carbocycles. The smallest absolute Gasteiger partial charge is 0.105 e. The number of benzene rings is 1. The van der Waals surface area contributed by atoms with E-state index in [4.69, 9.17) is 0 Å². The monoisotopic (exact) mass is 273 g/mol. The second kappa shape index (κ2) is 7.31. The fourth-order valence-corrected chi connectivity index (χ4v) is 2.38. The minimum absolute atomic E-state index is 0.314. The topological polar surface area (TPSA) is 39.1 Å². The molecule has 0 bridgehead atoms. The van der Waals surface area contributed by atoms with Gasteiger partial charge < -0.3 is 4.90 Å². The summed E-state index contributed by atoms with van der Waals surface area (Å²) in [5, 5.41) is 12.8. The maximum atomic E-state index is 9.40.